The largest absolute Gasteiger partial charge is 0.325 e. The van der Waals surface area contributed by atoms with Crippen molar-refractivity contribution in [2.45, 2.75) is 26.3 Å². The van der Waals surface area contributed by atoms with Gasteiger partial charge in [-0.2, -0.15) is 0 Å². The van der Waals surface area contributed by atoms with Crippen LogP contribution < -0.4 is 5.32 Å². The van der Waals surface area contributed by atoms with Crippen LogP contribution in [0.3, 0.4) is 0 Å². The van der Waals surface area contributed by atoms with Crippen LogP contribution in [0.2, 0.25) is 0 Å². The number of carbonyl (C=O) groups excluding carboxylic acids is 3. The van der Waals surface area contributed by atoms with Crippen molar-refractivity contribution in [2.24, 2.45) is 0 Å². The van der Waals surface area contributed by atoms with Crippen molar-refractivity contribution in [2.75, 3.05) is 6.54 Å². The Balaban J connectivity index is 1.61. The molecule has 0 spiro atoms. The molecule has 9 nitrogen and oxygen atoms in total. The van der Waals surface area contributed by atoms with Crippen LogP contribution in [0, 0.1) is 13.8 Å². The second kappa shape index (κ2) is 6.89. The van der Waals surface area contributed by atoms with E-state index in [1.54, 1.807) is 37.3 Å². The van der Waals surface area contributed by atoms with Crippen LogP contribution in [-0.4, -0.2) is 49.4 Å². The molecule has 0 unspecified atom stereocenters. The van der Waals surface area contributed by atoms with Crippen LogP contribution >= 0.6 is 11.3 Å². The number of hydrogen-bond donors (Lipinski definition) is 1. The van der Waals surface area contributed by atoms with Gasteiger partial charge in [0.15, 0.2) is 5.78 Å². The molecule has 1 fully saturated rings. The molecule has 0 radical (unpaired) electrons. The third kappa shape index (κ3) is 3.21. The molecule has 1 aromatic carbocycles. The summed E-state index contributed by atoms with van der Waals surface area (Å²) in [7, 11) is 0. The molecule has 0 aliphatic carbocycles. The van der Waals surface area contributed by atoms with Gasteiger partial charge in [0.25, 0.3) is 5.91 Å². The van der Waals surface area contributed by atoms with Crippen molar-refractivity contribution in [3.8, 4) is 5.69 Å². The monoisotopic (exact) mass is 410 g/mol. The molecule has 3 aromatic rings. The molecule has 0 saturated carbocycles. The van der Waals surface area contributed by atoms with E-state index < -0.39 is 17.5 Å². The molecule has 1 aliphatic heterocycles. The topological polar surface area (TPSA) is 110 Å². The van der Waals surface area contributed by atoms with Gasteiger partial charge in [0.2, 0.25) is 0 Å². The molecule has 0 bridgehead atoms. The Bertz CT molecular complexity index is 1120. The van der Waals surface area contributed by atoms with Gasteiger partial charge in [-0.05, 0) is 55.0 Å². The Morgan fingerprint density at radius 2 is 2.03 bits per heavy atom. The van der Waals surface area contributed by atoms with E-state index >= 15 is 0 Å². The fourth-order valence-corrected chi connectivity index (χ4v) is 4.35. The Morgan fingerprint density at radius 1 is 1.24 bits per heavy atom. The fourth-order valence-electron chi connectivity index (χ4n) is 3.41. The normalized spacial score (nSPS) is 18.9. The number of nitrogens with zero attached hydrogens (tertiary/aromatic N) is 5. The molecule has 4 rings (SSSR count). The lowest BCUT2D eigenvalue weighted by molar-refractivity contribution is -0.130. The first-order valence-electron chi connectivity index (χ1n) is 8.88. The van der Waals surface area contributed by atoms with Gasteiger partial charge in [0, 0.05) is 15.3 Å². The molecule has 2 aromatic heterocycles. The van der Waals surface area contributed by atoms with E-state index in [0.29, 0.717) is 16.8 Å². The minimum Gasteiger partial charge on any atom is -0.319 e. The highest BCUT2D eigenvalue weighted by atomic mass is 32.1. The minimum absolute atomic E-state index is 0.262. The van der Waals surface area contributed by atoms with Crippen molar-refractivity contribution in [1.29, 1.82) is 0 Å². The zero-order chi connectivity index (χ0) is 20.8. The number of amides is 3. The van der Waals surface area contributed by atoms with Crippen molar-refractivity contribution in [1.82, 2.24) is 30.4 Å². The number of ketones is 1. The maximum atomic E-state index is 13.1. The van der Waals surface area contributed by atoms with Crippen molar-refractivity contribution in [3.63, 3.8) is 0 Å². The van der Waals surface area contributed by atoms with Crippen LogP contribution in [0.25, 0.3) is 5.69 Å². The number of Topliss-reactive ketones (excluding diaryl/α,β-unsaturated/α-hetero) is 1. The number of nitrogens with one attached hydrogen (secondary N) is 1. The van der Waals surface area contributed by atoms with Crippen LogP contribution in [0.1, 0.15) is 32.6 Å². The lowest BCUT2D eigenvalue weighted by Gasteiger charge is -2.22. The molecular weight excluding hydrogens is 392 g/mol. The summed E-state index contributed by atoms with van der Waals surface area (Å²) in [6.07, 6.45) is 1.44. The highest BCUT2D eigenvalue weighted by Crippen LogP contribution is 2.30. The summed E-state index contributed by atoms with van der Waals surface area (Å²) in [6, 6.07) is 8.20. The van der Waals surface area contributed by atoms with Crippen LogP contribution in [0.15, 0.2) is 36.7 Å². The lowest BCUT2D eigenvalue weighted by Crippen LogP contribution is -2.41. The quantitative estimate of drug-likeness (QED) is 0.509. The Hall–Kier alpha value is -3.40. The number of aromatic nitrogens is 4. The molecule has 10 heteroatoms. The first-order valence-corrected chi connectivity index (χ1v) is 9.69. The highest BCUT2D eigenvalue weighted by molar-refractivity contribution is 7.12. The Kier molecular flexibility index (Phi) is 4.50. The summed E-state index contributed by atoms with van der Waals surface area (Å²) in [6.45, 7) is 5.09. The van der Waals surface area contributed by atoms with Gasteiger partial charge in [-0.15, -0.1) is 16.4 Å². The molecule has 1 aliphatic rings. The van der Waals surface area contributed by atoms with E-state index in [4.69, 9.17) is 0 Å². The second-order valence-corrected chi connectivity index (χ2v) is 8.46. The number of urea groups is 1. The third-order valence-electron chi connectivity index (χ3n) is 4.96. The van der Waals surface area contributed by atoms with E-state index in [2.05, 4.69) is 20.8 Å². The van der Waals surface area contributed by atoms with Gasteiger partial charge in [-0.25, -0.2) is 9.48 Å². The molecule has 1 saturated heterocycles. The van der Waals surface area contributed by atoms with Crippen molar-refractivity contribution >= 4 is 29.1 Å². The summed E-state index contributed by atoms with van der Waals surface area (Å²) in [5.74, 6) is -0.739. The smallest absolute Gasteiger partial charge is 0.319 e. The summed E-state index contributed by atoms with van der Waals surface area (Å²) in [5, 5.41) is 13.8. The average molecular weight is 410 g/mol. The molecule has 148 valence electrons. The molecule has 3 heterocycles. The Labute approximate surface area is 170 Å². The predicted molar refractivity (Wildman–Crippen MR) is 105 cm³/mol. The van der Waals surface area contributed by atoms with Crippen LogP contribution in [-0.2, 0) is 10.3 Å². The van der Waals surface area contributed by atoms with Gasteiger partial charge < -0.3 is 5.32 Å². The summed E-state index contributed by atoms with van der Waals surface area (Å²) in [5.41, 5.74) is 0.472. The molecule has 1 N–H and O–H groups in total. The Morgan fingerprint density at radius 3 is 2.69 bits per heavy atom. The van der Waals surface area contributed by atoms with Crippen molar-refractivity contribution < 1.29 is 14.4 Å². The van der Waals surface area contributed by atoms with Gasteiger partial charge >= 0.3 is 6.03 Å². The highest BCUT2D eigenvalue weighted by Gasteiger charge is 2.49. The predicted octanol–water partition coefficient (Wildman–Crippen LogP) is 1.99. The maximum absolute atomic E-state index is 13.1. The zero-order valence-corrected chi connectivity index (χ0v) is 16.9. The van der Waals surface area contributed by atoms with Crippen molar-refractivity contribution in [3.05, 3.63) is 57.5 Å². The molecule has 29 heavy (non-hydrogen) atoms. The number of tetrazole rings is 1. The first kappa shape index (κ1) is 18.9. The first-order chi connectivity index (χ1) is 13.8. The summed E-state index contributed by atoms with van der Waals surface area (Å²) in [4.78, 5) is 41.2. The number of benzene rings is 1. The number of imide groups is 1. The van der Waals surface area contributed by atoms with E-state index in [1.807, 2.05) is 13.8 Å². The molecular formula is C19H18N6O3S. The molecule has 3 amide bonds. The van der Waals surface area contributed by atoms with Gasteiger partial charge in [0.1, 0.15) is 11.9 Å². The number of thiophene rings is 1. The lowest BCUT2D eigenvalue weighted by atomic mass is 9.91. The van der Waals surface area contributed by atoms with E-state index in [1.165, 1.54) is 22.3 Å². The fraction of sp³-hybridized carbons (Fsp3) is 0.263. The van der Waals surface area contributed by atoms with Gasteiger partial charge in [-0.1, -0.05) is 12.1 Å². The minimum atomic E-state index is -1.29. The maximum Gasteiger partial charge on any atom is 0.325 e. The van der Waals surface area contributed by atoms with E-state index in [-0.39, 0.29) is 12.3 Å². The molecule has 1 atom stereocenters. The number of rotatable bonds is 5. The number of aryl methyl sites for hydroxylation is 2. The summed E-state index contributed by atoms with van der Waals surface area (Å²) < 4.78 is 1.46. The van der Waals surface area contributed by atoms with Crippen LogP contribution in [0.4, 0.5) is 4.79 Å². The van der Waals surface area contributed by atoms with Gasteiger partial charge in [-0.3, -0.25) is 14.5 Å². The number of carbonyl (C=O) groups is 3. The van der Waals surface area contributed by atoms with Crippen LogP contribution in [0.5, 0.6) is 0 Å². The standard InChI is InChI=1S/C19H18N6O3S/c1-11-7-15(12(2)29-11)16(26)9-24-17(27)19(3,21-18(24)28)13-5-4-6-14(8-13)25-10-20-22-23-25/h4-8,10H,9H2,1-3H3,(H,21,28)/t19-/m1/s1. The third-order valence-corrected chi connectivity index (χ3v) is 5.92. The SMILES string of the molecule is Cc1cc(C(=O)CN2C(=O)N[C@](C)(c3cccc(-n4cnnn4)c3)C2=O)c(C)s1. The van der Waals surface area contributed by atoms with Gasteiger partial charge in [0.05, 0.1) is 12.2 Å². The zero-order valence-electron chi connectivity index (χ0n) is 16.0. The second-order valence-electron chi connectivity index (χ2n) is 7.00. The van der Waals surface area contributed by atoms with E-state index in [0.717, 1.165) is 14.7 Å². The number of hydrogen-bond acceptors (Lipinski definition) is 7. The average Bonchev–Trinajstić information content (AvgIpc) is 3.39. The van der Waals surface area contributed by atoms with E-state index in [9.17, 15) is 14.4 Å². The summed E-state index contributed by atoms with van der Waals surface area (Å²) >= 11 is 1.51.